The number of hydrogen-bond donors (Lipinski definition) is 1. The second-order valence-corrected chi connectivity index (χ2v) is 3.72. The molecule has 0 fully saturated rings. The van der Waals surface area contributed by atoms with Gasteiger partial charge in [-0.25, -0.2) is 9.97 Å². The molecule has 102 valence electrons. The Bertz CT molecular complexity index is 676. The fourth-order valence-electron chi connectivity index (χ4n) is 1.46. The summed E-state index contributed by atoms with van der Waals surface area (Å²) in [5.74, 6) is -0.762. The van der Waals surface area contributed by atoms with E-state index in [2.05, 4.69) is 15.3 Å². The predicted molar refractivity (Wildman–Crippen MR) is 61.4 cm³/mol. The molecule has 0 spiro atoms. The highest BCUT2D eigenvalue weighted by Gasteiger charge is 2.31. The molecule has 0 unspecified atom stereocenters. The average Bonchev–Trinajstić information content (AvgIpc) is 2.38. The molecule has 0 aliphatic heterocycles. The quantitative estimate of drug-likeness (QED) is 0.678. The van der Waals surface area contributed by atoms with Crippen LogP contribution in [0.15, 0.2) is 30.6 Å². The number of alkyl halides is 3. The Morgan fingerprint density at radius 3 is 2.50 bits per heavy atom. The SMILES string of the molecule is N#Cc1cc(C(F)(F)F)ccc1Nc1cc(F)ncn1. The molecule has 0 atom stereocenters. The van der Waals surface area contributed by atoms with Crippen LogP contribution in [0.1, 0.15) is 11.1 Å². The average molecular weight is 282 g/mol. The summed E-state index contributed by atoms with van der Waals surface area (Å²) in [5, 5.41) is 11.4. The summed E-state index contributed by atoms with van der Waals surface area (Å²) in [7, 11) is 0. The van der Waals surface area contributed by atoms with Gasteiger partial charge < -0.3 is 5.32 Å². The van der Waals surface area contributed by atoms with E-state index in [1.807, 2.05) is 0 Å². The lowest BCUT2D eigenvalue weighted by molar-refractivity contribution is -0.137. The van der Waals surface area contributed by atoms with Crippen LogP contribution in [0.2, 0.25) is 0 Å². The molecule has 8 heteroatoms. The van der Waals surface area contributed by atoms with Crippen LogP contribution >= 0.6 is 0 Å². The number of aromatic nitrogens is 2. The Morgan fingerprint density at radius 2 is 1.90 bits per heavy atom. The van der Waals surface area contributed by atoms with Crippen molar-refractivity contribution in [2.24, 2.45) is 0 Å². The normalized spacial score (nSPS) is 10.9. The van der Waals surface area contributed by atoms with E-state index in [1.165, 1.54) is 0 Å². The molecule has 2 aromatic rings. The first kappa shape index (κ1) is 13.7. The van der Waals surface area contributed by atoms with Crippen molar-refractivity contribution in [1.29, 1.82) is 5.26 Å². The second kappa shape index (κ2) is 5.13. The monoisotopic (exact) mass is 282 g/mol. The number of nitrogens with zero attached hydrogens (tertiary/aromatic N) is 3. The first-order valence-corrected chi connectivity index (χ1v) is 5.26. The molecule has 0 amide bonds. The van der Waals surface area contributed by atoms with Crippen molar-refractivity contribution in [3.63, 3.8) is 0 Å². The zero-order chi connectivity index (χ0) is 14.8. The van der Waals surface area contributed by atoms with Gasteiger partial charge in [-0.15, -0.1) is 0 Å². The van der Waals surface area contributed by atoms with Crippen molar-refractivity contribution in [3.05, 3.63) is 47.7 Å². The maximum absolute atomic E-state index is 12.9. The van der Waals surface area contributed by atoms with Crippen LogP contribution in [-0.4, -0.2) is 9.97 Å². The number of hydrogen-bond acceptors (Lipinski definition) is 4. The molecule has 1 aromatic carbocycles. The predicted octanol–water partition coefficient (Wildman–Crippen LogP) is 3.25. The Kier molecular flexibility index (Phi) is 3.52. The second-order valence-electron chi connectivity index (χ2n) is 3.72. The highest BCUT2D eigenvalue weighted by molar-refractivity contribution is 5.65. The van der Waals surface area contributed by atoms with Gasteiger partial charge in [-0.3, -0.25) is 0 Å². The van der Waals surface area contributed by atoms with E-state index in [-0.39, 0.29) is 17.1 Å². The van der Waals surface area contributed by atoms with Crippen LogP contribution in [0.25, 0.3) is 0 Å². The van der Waals surface area contributed by atoms with Crippen LogP contribution < -0.4 is 5.32 Å². The van der Waals surface area contributed by atoms with Gasteiger partial charge in [-0.1, -0.05) is 0 Å². The lowest BCUT2D eigenvalue weighted by atomic mass is 10.1. The first-order chi connectivity index (χ1) is 9.40. The lowest BCUT2D eigenvalue weighted by Crippen LogP contribution is -2.06. The van der Waals surface area contributed by atoms with E-state index in [0.717, 1.165) is 24.5 Å². The summed E-state index contributed by atoms with van der Waals surface area (Å²) >= 11 is 0. The van der Waals surface area contributed by atoms with Crippen molar-refractivity contribution in [2.75, 3.05) is 5.32 Å². The van der Waals surface area contributed by atoms with Gasteiger partial charge in [-0.2, -0.15) is 22.8 Å². The molecule has 0 bridgehead atoms. The molecule has 1 heterocycles. The van der Waals surface area contributed by atoms with Gasteiger partial charge in [0.25, 0.3) is 0 Å². The maximum Gasteiger partial charge on any atom is 0.416 e. The van der Waals surface area contributed by atoms with Crippen molar-refractivity contribution >= 4 is 11.5 Å². The molecular formula is C12H6F4N4. The van der Waals surface area contributed by atoms with Crippen molar-refractivity contribution in [2.45, 2.75) is 6.18 Å². The molecule has 4 nitrogen and oxygen atoms in total. The molecule has 0 aliphatic rings. The third kappa shape index (κ3) is 3.00. The molecule has 1 aromatic heterocycles. The summed E-state index contributed by atoms with van der Waals surface area (Å²) in [6.45, 7) is 0. The Morgan fingerprint density at radius 1 is 1.15 bits per heavy atom. The van der Waals surface area contributed by atoms with Gasteiger partial charge >= 0.3 is 6.18 Å². The largest absolute Gasteiger partial charge is 0.416 e. The van der Waals surface area contributed by atoms with Crippen molar-refractivity contribution in [3.8, 4) is 6.07 Å². The first-order valence-electron chi connectivity index (χ1n) is 5.26. The summed E-state index contributed by atoms with van der Waals surface area (Å²) in [6, 6.07) is 5.21. The topological polar surface area (TPSA) is 61.6 Å². The molecule has 0 saturated heterocycles. The van der Waals surface area contributed by atoms with E-state index >= 15 is 0 Å². The Hall–Kier alpha value is -2.69. The van der Waals surface area contributed by atoms with Crippen molar-refractivity contribution < 1.29 is 17.6 Å². The highest BCUT2D eigenvalue weighted by atomic mass is 19.4. The van der Waals surface area contributed by atoms with E-state index in [1.54, 1.807) is 6.07 Å². The molecule has 20 heavy (non-hydrogen) atoms. The van der Waals surface area contributed by atoms with E-state index in [9.17, 15) is 17.6 Å². The molecule has 0 aliphatic carbocycles. The Balaban J connectivity index is 2.36. The summed E-state index contributed by atoms with van der Waals surface area (Å²) in [4.78, 5) is 6.93. The maximum atomic E-state index is 12.9. The van der Waals surface area contributed by atoms with Gasteiger partial charge in [-0.05, 0) is 18.2 Å². The number of nitrogens with one attached hydrogen (secondary N) is 1. The number of benzene rings is 1. The number of halogens is 4. The molecule has 1 N–H and O–H groups in total. The lowest BCUT2D eigenvalue weighted by Gasteiger charge is -2.11. The minimum Gasteiger partial charge on any atom is -0.339 e. The zero-order valence-electron chi connectivity index (χ0n) is 9.74. The molecule has 0 saturated carbocycles. The zero-order valence-corrected chi connectivity index (χ0v) is 9.74. The van der Waals surface area contributed by atoms with Crippen molar-refractivity contribution in [1.82, 2.24) is 9.97 Å². The van der Waals surface area contributed by atoms with Gasteiger partial charge in [0.05, 0.1) is 16.8 Å². The van der Waals surface area contributed by atoms with Gasteiger partial charge in [0, 0.05) is 6.07 Å². The van der Waals surface area contributed by atoms with E-state index in [4.69, 9.17) is 5.26 Å². The minimum atomic E-state index is -4.54. The van der Waals surface area contributed by atoms with Gasteiger partial charge in [0.15, 0.2) is 0 Å². The number of rotatable bonds is 2. The van der Waals surface area contributed by atoms with Gasteiger partial charge in [0.1, 0.15) is 18.2 Å². The van der Waals surface area contributed by atoms with Gasteiger partial charge in [0.2, 0.25) is 5.95 Å². The molecule has 0 radical (unpaired) electrons. The fourth-order valence-corrected chi connectivity index (χ4v) is 1.46. The third-order valence-corrected chi connectivity index (χ3v) is 2.36. The summed E-state index contributed by atoms with van der Waals surface area (Å²) in [5.41, 5.74) is -1.06. The Labute approximate surface area is 110 Å². The van der Waals surface area contributed by atoms with E-state index in [0.29, 0.717) is 6.07 Å². The highest BCUT2D eigenvalue weighted by Crippen LogP contribution is 2.32. The number of nitriles is 1. The smallest absolute Gasteiger partial charge is 0.339 e. The van der Waals surface area contributed by atoms with Crippen LogP contribution in [0.4, 0.5) is 29.1 Å². The van der Waals surface area contributed by atoms with Crippen LogP contribution in [0.5, 0.6) is 0 Å². The minimum absolute atomic E-state index is 0.0359. The number of anilines is 2. The summed E-state index contributed by atoms with van der Waals surface area (Å²) < 4.78 is 50.4. The van der Waals surface area contributed by atoms with Crippen LogP contribution in [0.3, 0.4) is 0 Å². The summed E-state index contributed by atoms with van der Waals surface area (Å²) in [6.07, 6.45) is -3.58. The fraction of sp³-hybridized carbons (Fsp3) is 0.0833. The third-order valence-electron chi connectivity index (χ3n) is 2.36. The standard InChI is InChI=1S/C12H6F4N4/c13-10-4-11(19-6-18-10)20-9-2-1-8(12(14,15)16)3-7(9)5-17/h1-4,6H,(H,18,19,20). The van der Waals surface area contributed by atoms with E-state index < -0.39 is 17.7 Å². The molecule has 2 rings (SSSR count). The van der Waals surface area contributed by atoms with Crippen LogP contribution in [-0.2, 0) is 6.18 Å². The molecular weight excluding hydrogens is 276 g/mol. The van der Waals surface area contributed by atoms with Crippen LogP contribution in [0, 0.1) is 17.3 Å².